The molecule has 3 heteroatoms. The maximum atomic E-state index is 6.09. The van der Waals surface area contributed by atoms with E-state index in [4.69, 9.17) is 16.3 Å². The third-order valence-corrected chi connectivity index (χ3v) is 4.29. The Bertz CT molecular complexity index is 383. The Morgan fingerprint density at radius 1 is 1.32 bits per heavy atom. The fraction of sp³-hybridized carbons (Fsp3) is 0.625. The lowest BCUT2D eigenvalue weighted by atomic mass is 9.85. The van der Waals surface area contributed by atoms with Crippen molar-refractivity contribution in [3.05, 3.63) is 29.3 Å². The number of benzene rings is 1. The van der Waals surface area contributed by atoms with Crippen molar-refractivity contribution in [1.82, 2.24) is 0 Å². The molecule has 0 saturated heterocycles. The number of hydrogen-bond donors (Lipinski definition) is 1. The van der Waals surface area contributed by atoms with Crippen molar-refractivity contribution in [2.45, 2.75) is 45.1 Å². The van der Waals surface area contributed by atoms with Gasteiger partial charge in [0.15, 0.2) is 0 Å². The van der Waals surface area contributed by atoms with Gasteiger partial charge in [-0.2, -0.15) is 0 Å². The SMILES string of the molecule is CCC1CCCC(OCCNc2ccccc2Cl)C1. The van der Waals surface area contributed by atoms with Crippen LogP contribution in [-0.2, 0) is 4.74 Å². The first kappa shape index (κ1) is 14.7. The van der Waals surface area contributed by atoms with Crippen molar-refractivity contribution in [2.75, 3.05) is 18.5 Å². The van der Waals surface area contributed by atoms with Crippen LogP contribution in [0, 0.1) is 5.92 Å². The van der Waals surface area contributed by atoms with E-state index in [-0.39, 0.29) is 0 Å². The van der Waals surface area contributed by atoms with E-state index in [2.05, 4.69) is 12.2 Å². The smallest absolute Gasteiger partial charge is 0.0642 e. The molecule has 0 aromatic heterocycles. The fourth-order valence-electron chi connectivity index (χ4n) is 2.78. The monoisotopic (exact) mass is 281 g/mol. The van der Waals surface area contributed by atoms with E-state index in [9.17, 15) is 0 Å². The second-order valence-corrected chi connectivity index (χ2v) is 5.75. The average Bonchev–Trinajstić information content (AvgIpc) is 2.45. The molecule has 1 aromatic carbocycles. The van der Waals surface area contributed by atoms with Crippen LogP contribution in [0.3, 0.4) is 0 Å². The van der Waals surface area contributed by atoms with Crippen LogP contribution in [0.15, 0.2) is 24.3 Å². The Labute approximate surface area is 121 Å². The molecule has 106 valence electrons. The molecule has 0 aliphatic heterocycles. The summed E-state index contributed by atoms with van der Waals surface area (Å²) in [5.41, 5.74) is 0.989. The molecule has 0 spiro atoms. The van der Waals surface area contributed by atoms with Crippen LogP contribution in [-0.4, -0.2) is 19.3 Å². The van der Waals surface area contributed by atoms with Crippen LogP contribution in [0.1, 0.15) is 39.0 Å². The Hall–Kier alpha value is -0.730. The molecular formula is C16H24ClNO. The van der Waals surface area contributed by atoms with Crippen molar-refractivity contribution in [3.63, 3.8) is 0 Å². The molecule has 0 heterocycles. The van der Waals surface area contributed by atoms with Crippen molar-refractivity contribution < 1.29 is 4.74 Å². The molecule has 0 bridgehead atoms. The number of ether oxygens (including phenoxy) is 1. The Kier molecular flexibility index (Phi) is 5.99. The summed E-state index contributed by atoms with van der Waals surface area (Å²) < 4.78 is 5.97. The molecule has 1 fully saturated rings. The van der Waals surface area contributed by atoms with Crippen molar-refractivity contribution in [1.29, 1.82) is 0 Å². The molecule has 0 amide bonds. The van der Waals surface area contributed by atoms with Crippen molar-refractivity contribution in [3.8, 4) is 0 Å². The predicted molar refractivity (Wildman–Crippen MR) is 81.9 cm³/mol. The average molecular weight is 282 g/mol. The van der Waals surface area contributed by atoms with Crippen molar-refractivity contribution >= 4 is 17.3 Å². The van der Waals surface area contributed by atoms with Crippen LogP contribution in [0.25, 0.3) is 0 Å². The standard InChI is InChI=1S/C16H24ClNO/c1-2-13-6-5-7-14(12-13)19-11-10-18-16-9-4-3-8-15(16)17/h3-4,8-9,13-14,18H,2,5-7,10-12H2,1H3. The number of halogens is 1. The number of hydrogen-bond acceptors (Lipinski definition) is 2. The summed E-state index contributed by atoms with van der Waals surface area (Å²) in [6, 6.07) is 7.83. The highest BCUT2D eigenvalue weighted by Gasteiger charge is 2.20. The highest BCUT2D eigenvalue weighted by molar-refractivity contribution is 6.33. The van der Waals surface area contributed by atoms with E-state index < -0.39 is 0 Å². The van der Waals surface area contributed by atoms with Gasteiger partial charge in [-0.15, -0.1) is 0 Å². The van der Waals surface area contributed by atoms with Gasteiger partial charge in [0.05, 0.1) is 23.4 Å². The molecule has 2 rings (SSSR count). The second-order valence-electron chi connectivity index (χ2n) is 5.34. The van der Waals surface area contributed by atoms with E-state index in [0.717, 1.165) is 29.8 Å². The fourth-order valence-corrected chi connectivity index (χ4v) is 2.98. The van der Waals surface area contributed by atoms with Gasteiger partial charge < -0.3 is 10.1 Å². The zero-order valence-corrected chi connectivity index (χ0v) is 12.5. The lowest BCUT2D eigenvalue weighted by Crippen LogP contribution is -2.24. The first-order valence-electron chi connectivity index (χ1n) is 7.39. The highest BCUT2D eigenvalue weighted by Crippen LogP contribution is 2.28. The molecule has 1 N–H and O–H groups in total. The van der Waals surface area contributed by atoms with E-state index in [1.54, 1.807) is 0 Å². The Morgan fingerprint density at radius 3 is 2.95 bits per heavy atom. The van der Waals surface area contributed by atoms with E-state index >= 15 is 0 Å². The van der Waals surface area contributed by atoms with Gasteiger partial charge in [0.25, 0.3) is 0 Å². The quantitative estimate of drug-likeness (QED) is 0.761. The van der Waals surface area contributed by atoms with Gasteiger partial charge >= 0.3 is 0 Å². The Balaban J connectivity index is 1.65. The minimum Gasteiger partial charge on any atom is -0.382 e. The summed E-state index contributed by atoms with van der Waals surface area (Å²) in [4.78, 5) is 0. The molecular weight excluding hydrogens is 258 g/mol. The van der Waals surface area contributed by atoms with Gasteiger partial charge in [0.1, 0.15) is 0 Å². The van der Waals surface area contributed by atoms with Crippen molar-refractivity contribution in [2.24, 2.45) is 5.92 Å². The lowest BCUT2D eigenvalue weighted by molar-refractivity contribution is 0.0181. The summed E-state index contributed by atoms with van der Waals surface area (Å²) in [6.07, 6.45) is 6.92. The van der Waals surface area contributed by atoms with Crippen LogP contribution in [0.5, 0.6) is 0 Å². The van der Waals surface area contributed by atoms with Crippen LogP contribution >= 0.6 is 11.6 Å². The number of anilines is 1. The van der Waals surface area contributed by atoms with E-state index in [1.165, 1.54) is 32.1 Å². The maximum absolute atomic E-state index is 6.09. The minimum atomic E-state index is 0.465. The molecule has 19 heavy (non-hydrogen) atoms. The normalized spacial score (nSPS) is 23.3. The van der Waals surface area contributed by atoms with Gasteiger partial charge in [-0.25, -0.2) is 0 Å². The largest absolute Gasteiger partial charge is 0.382 e. The summed E-state index contributed by atoms with van der Waals surface area (Å²) in [5, 5.41) is 4.09. The Morgan fingerprint density at radius 2 is 2.16 bits per heavy atom. The third kappa shape index (κ3) is 4.70. The summed E-state index contributed by atoms with van der Waals surface area (Å²) in [5.74, 6) is 0.871. The zero-order chi connectivity index (χ0) is 13.5. The molecule has 2 atom stereocenters. The van der Waals surface area contributed by atoms with E-state index in [1.807, 2.05) is 24.3 Å². The third-order valence-electron chi connectivity index (χ3n) is 3.96. The van der Waals surface area contributed by atoms with Gasteiger partial charge in [0, 0.05) is 6.54 Å². The molecule has 1 saturated carbocycles. The van der Waals surface area contributed by atoms with Gasteiger partial charge in [-0.05, 0) is 30.9 Å². The van der Waals surface area contributed by atoms with Gasteiger partial charge in [-0.1, -0.05) is 49.9 Å². The number of nitrogens with one attached hydrogen (secondary N) is 1. The zero-order valence-electron chi connectivity index (χ0n) is 11.7. The maximum Gasteiger partial charge on any atom is 0.0642 e. The van der Waals surface area contributed by atoms with E-state index in [0.29, 0.717) is 6.10 Å². The molecule has 1 aromatic rings. The van der Waals surface area contributed by atoms with Crippen LogP contribution in [0.4, 0.5) is 5.69 Å². The summed E-state index contributed by atoms with van der Waals surface area (Å²) in [7, 11) is 0. The second kappa shape index (κ2) is 7.76. The highest BCUT2D eigenvalue weighted by atomic mass is 35.5. The first-order valence-corrected chi connectivity index (χ1v) is 7.77. The van der Waals surface area contributed by atoms with Gasteiger partial charge in [-0.3, -0.25) is 0 Å². The summed E-state index contributed by atoms with van der Waals surface area (Å²) >= 11 is 6.09. The lowest BCUT2D eigenvalue weighted by Gasteiger charge is -2.28. The van der Waals surface area contributed by atoms with Crippen LogP contribution in [0.2, 0.25) is 5.02 Å². The molecule has 0 radical (unpaired) electrons. The minimum absolute atomic E-state index is 0.465. The molecule has 1 aliphatic carbocycles. The summed E-state index contributed by atoms with van der Waals surface area (Å²) in [6.45, 7) is 3.86. The number of rotatable bonds is 6. The first-order chi connectivity index (χ1) is 9.29. The van der Waals surface area contributed by atoms with Crippen LogP contribution < -0.4 is 5.32 Å². The van der Waals surface area contributed by atoms with Gasteiger partial charge in [0.2, 0.25) is 0 Å². The number of para-hydroxylation sites is 1. The topological polar surface area (TPSA) is 21.3 Å². The molecule has 1 aliphatic rings. The molecule has 2 nitrogen and oxygen atoms in total. The molecule has 2 unspecified atom stereocenters. The predicted octanol–water partition coefficient (Wildman–Crippen LogP) is 4.74.